The Morgan fingerprint density at radius 2 is 2.00 bits per heavy atom. The van der Waals surface area contributed by atoms with E-state index in [0.717, 1.165) is 16.5 Å². The molecule has 0 saturated carbocycles. The quantitative estimate of drug-likeness (QED) is 0.426. The second-order valence-corrected chi connectivity index (χ2v) is 3.63. The number of rotatable bonds is 2. The minimum atomic E-state index is 0.0429. The monoisotopic (exact) mass is 218 g/mol. The van der Waals surface area contributed by atoms with Crippen molar-refractivity contribution in [1.82, 2.24) is 15.4 Å². The molecule has 0 aliphatic rings. The Balaban J connectivity index is 2.62. The summed E-state index contributed by atoms with van der Waals surface area (Å²) in [6.45, 7) is 1.95. The average Bonchev–Trinajstić information content (AvgIpc) is 2.27. The van der Waals surface area contributed by atoms with Crippen molar-refractivity contribution in [2.45, 2.75) is 13.0 Å². The number of nitrogens with one attached hydrogen (secondary N) is 1. The van der Waals surface area contributed by atoms with Crippen molar-refractivity contribution < 1.29 is 0 Å². The minimum absolute atomic E-state index is 0.0429. The molecule has 1 atom stereocenters. The van der Waals surface area contributed by atoms with E-state index < -0.39 is 0 Å². The van der Waals surface area contributed by atoms with Gasteiger partial charge in [-0.1, -0.05) is 6.07 Å². The second kappa shape index (κ2) is 3.92. The van der Waals surface area contributed by atoms with Gasteiger partial charge in [0.15, 0.2) is 0 Å². The average molecular weight is 218 g/mol. The van der Waals surface area contributed by atoms with Crippen LogP contribution in [0.3, 0.4) is 0 Å². The maximum absolute atomic E-state index is 5.78. The van der Waals surface area contributed by atoms with E-state index in [1.807, 2.05) is 25.1 Å². The van der Waals surface area contributed by atoms with Crippen molar-refractivity contribution in [3.05, 3.63) is 23.8 Å². The minimum Gasteiger partial charge on any atom is -0.383 e. The topological polar surface area (TPSA) is 116 Å². The number of nitrogens with two attached hydrogens (primary N) is 3. The first-order valence-electron chi connectivity index (χ1n) is 4.90. The van der Waals surface area contributed by atoms with E-state index in [0.29, 0.717) is 5.82 Å². The molecule has 0 radical (unpaired) electrons. The van der Waals surface area contributed by atoms with Crippen molar-refractivity contribution in [3.63, 3.8) is 0 Å². The number of hydrogen-bond donors (Lipinski definition) is 4. The van der Waals surface area contributed by atoms with Crippen molar-refractivity contribution in [3.8, 4) is 0 Å². The van der Waals surface area contributed by atoms with E-state index in [2.05, 4.69) is 15.4 Å². The number of nitrogen functional groups attached to an aromatic ring is 2. The van der Waals surface area contributed by atoms with Crippen LogP contribution in [-0.2, 0) is 0 Å². The molecule has 1 aromatic heterocycles. The number of fused-ring (bicyclic) bond motifs is 1. The van der Waals surface area contributed by atoms with Crippen LogP contribution in [-0.4, -0.2) is 9.97 Å². The van der Waals surface area contributed by atoms with Crippen LogP contribution < -0.4 is 22.7 Å². The van der Waals surface area contributed by atoms with E-state index in [4.69, 9.17) is 17.3 Å². The highest BCUT2D eigenvalue weighted by Gasteiger charge is 2.07. The first-order valence-corrected chi connectivity index (χ1v) is 4.90. The Hall–Kier alpha value is -1.92. The Morgan fingerprint density at radius 1 is 1.25 bits per heavy atom. The molecular weight excluding hydrogens is 204 g/mol. The van der Waals surface area contributed by atoms with Crippen LogP contribution in [0.1, 0.15) is 18.5 Å². The van der Waals surface area contributed by atoms with Crippen LogP contribution in [0, 0.1) is 0 Å². The number of hydrogen-bond acceptors (Lipinski definition) is 6. The summed E-state index contributed by atoms with van der Waals surface area (Å²) in [5.74, 6) is 5.94. The lowest BCUT2D eigenvalue weighted by Crippen LogP contribution is -2.25. The summed E-state index contributed by atoms with van der Waals surface area (Å²) in [4.78, 5) is 8.02. The zero-order valence-corrected chi connectivity index (χ0v) is 8.94. The van der Waals surface area contributed by atoms with Gasteiger partial charge in [0.1, 0.15) is 5.82 Å². The molecule has 6 heteroatoms. The molecule has 16 heavy (non-hydrogen) atoms. The molecule has 0 saturated heterocycles. The molecule has 2 rings (SSSR count). The van der Waals surface area contributed by atoms with Gasteiger partial charge < -0.3 is 11.5 Å². The smallest absolute Gasteiger partial charge is 0.222 e. The SMILES string of the molecule is CC(NN)c1ccc2nc(N)nc(N)c2c1. The molecular formula is C10H14N6. The van der Waals surface area contributed by atoms with E-state index in [-0.39, 0.29) is 12.0 Å². The molecule has 0 aliphatic heterocycles. The molecule has 7 N–H and O–H groups in total. The van der Waals surface area contributed by atoms with Gasteiger partial charge in [-0.15, -0.1) is 0 Å². The van der Waals surface area contributed by atoms with Crippen LogP contribution in [0.2, 0.25) is 0 Å². The van der Waals surface area contributed by atoms with E-state index in [1.165, 1.54) is 0 Å². The third-order valence-electron chi connectivity index (χ3n) is 2.52. The number of benzene rings is 1. The highest BCUT2D eigenvalue weighted by molar-refractivity contribution is 5.89. The maximum atomic E-state index is 5.78. The molecule has 0 aliphatic carbocycles. The predicted octanol–water partition coefficient (Wildman–Crippen LogP) is 0.319. The third-order valence-corrected chi connectivity index (χ3v) is 2.52. The first kappa shape index (κ1) is 10.6. The van der Waals surface area contributed by atoms with E-state index in [9.17, 15) is 0 Å². The van der Waals surface area contributed by atoms with Crippen molar-refractivity contribution in [2.75, 3.05) is 11.5 Å². The van der Waals surface area contributed by atoms with Gasteiger partial charge >= 0.3 is 0 Å². The van der Waals surface area contributed by atoms with Gasteiger partial charge in [0.2, 0.25) is 5.95 Å². The van der Waals surface area contributed by atoms with E-state index in [1.54, 1.807) is 0 Å². The van der Waals surface area contributed by atoms with Crippen LogP contribution >= 0.6 is 0 Å². The van der Waals surface area contributed by atoms with Gasteiger partial charge in [0.25, 0.3) is 0 Å². The zero-order valence-electron chi connectivity index (χ0n) is 8.94. The summed E-state index contributed by atoms with van der Waals surface area (Å²) in [6.07, 6.45) is 0. The molecule has 1 unspecified atom stereocenters. The molecule has 0 fully saturated rings. The molecule has 0 spiro atoms. The van der Waals surface area contributed by atoms with E-state index >= 15 is 0 Å². The van der Waals surface area contributed by atoms with Gasteiger partial charge in [-0.25, -0.2) is 4.98 Å². The summed E-state index contributed by atoms with van der Waals surface area (Å²) in [6, 6.07) is 5.74. The second-order valence-electron chi connectivity index (χ2n) is 3.63. The molecule has 2 aromatic rings. The number of nitrogens with zero attached hydrogens (tertiary/aromatic N) is 2. The molecule has 0 bridgehead atoms. The summed E-state index contributed by atoms with van der Waals surface area (Å²) in [7, 11) is 0. The maximum Gasteiger partial charge on any atom is 0.222 e. The summed E-state index contributed by atoms with van der Waals surface area (Å²) >= 11 is 0. The standard InChI is InChI=1S/C10H14N6/c1-5(16-13)6-2-3-8-7(4-6)9(11)15-10(12)14-8/h2-5,16H,13H2,1H3,(H4,11,12,14,15). The van der Waals surface area contributed by atoms with Gasteiger partial charge in [0.05, 0.1) is 5.52 Å². The van der Waals surface area contributed by atoms with Crippen molar-refractivity contribution in [1.29, 1.82) is 0 Å². The fourth-order valence-electron chi connectivity index (χ4n) is 1.55. The van der Waals surface area contributed by atoms with Gasteiger partial charge in [-0.3, -0.25) is 11.3 Å². The van der Waals surface area contributed by atoms with Crippen LogP contribution in [0.4, 0.5) is 11.8 Å². The Morgan fingerprint density at radius 3 is 2.69 bits per heavy atom. The molecule has 1 aromatic carbocycles. The number of aromatic nitrogens is 2. The fraction of sp³-hybridized carbons (Fsp3) is 0.200. The summed E-state index contributed by atoms with van der Waals surface area (Å²) in [5.41, 5.74) is 15.7. The van der Waals surface area contributed by atoms with Crippen LogP contribution in [0.5, 0.6) is 0 Å². The van der Waals surface area contributed by atoms with Crippen molar-refractivity contribution >= 4 is 22.7 Å². The number of hydrazine groups is 1. The lowest BCUT2D eigenvalue weighted by Gasteiger charge is -2.11. The molecule has 84 valence electrons. The zero-order chi connectivity index (χ0) is 11.7. The normalized spacial score (nSPS) is 12.9. The van der Waals surface area contributed by atoms with Gasteiger partial charge in [-0.05, 0) is 24.6 Å². The number of anilines is 2. The Labute approximate surface area is 92.8 Å². The highest BCUT2D eigenvalue weighted by atomic mass is 15.2. The van der Waals surface area contributed by atoms with Crippen LogP contribution in [0.25, 0.3) is 10.9 Å². The Bertz CT molecular complexity index is 524. The summed E-state index contributed by atoms with van der Waals surface area (Å²) < 4.78 is 0. The lowest BCUT2D eigenvalue weighted by atomic mass is 10.1. The van der Waals surface area contributed by atoms with Crippen molar-refractivity contribution in [2.24, 2.45) is 5.84 Å². The molecule has 1 heterocycles. The highest BCUT2D eigenvalue weighted by Crippen LogP contribution is 2.22. The fourth-order valence-corrected chi connectivity index (χ4v) is 1.55. The molecule has 0 amide bonds. The largest absolute Gasteiger partial charge is 0.383 e. The Kier molecular flexibility index (Phi) is 2.59. The lowest BCUT2D eigenvalue weighted by molar-refractivity contribution is 0.603. The predicted molar refractivity (Wildman–Crippen MR) is 64.1 cm³/mol. The first-order chi connectivity index (χ1) is 7.61. The third kappa shape index (κ3) is 1.75. The van der Waals surface area contributed by atoms with Gasteiger partial charge in [-0.2, -0.15) is 4.98 Å². The van der Waals surface area contributed by atoms with Crippen LogP contribution in [0.15, 0.2) is 18.2 Å². The summed E-state index contributed by atoms with van der Waals surface area (Å²) in [5, 5.41) is 0.786. The van der Waals surface area contributed by atoms with Gasteiger partial charge in [0, 0.05) is 11.4 Å². The molecule has 6 nitrogen and oxygen atoms in total.